The summed E-state index contributed by atoms with van der Waals surface area (Å²) in [6.45, 7) is 2.58. The Hall–Kier alpha value is -0.0800. The first-order chi connectivity index (χ1) is 5.20. The van der Waals surface area contributed by atoms with Crippen molar-refractivity contribution in [2.45, 2.75) is 31.7 Å². The number of nitrogens with two attached hydrogens (primary N) is 1. The van der Waals surface area contributed by atoms with Gasteiger partial charge in [-0.05, 0) is 44.7 Å². The zero-order valence-electron chi connectivity index (χ0n) is 7.34. The molecular weight excluding hydrogens is 136 g/mol. The van der Waals surface area contributed by atoms with Crippen molar-refractivity contribution in [3.63, 3.8) is 0 Å². The average molecular weight is 154 g/mol. The summed E-state index contributed by atoms with van der Waals surface area (Å²) in [6, 6.07) is 0.501. The average Bonchev–Trinajstić information content (AvgIpc) is 2.44. The maximum Gasteiger partial charge on any atom is 0.00448 e. The SMILES string of the molecule is CN1CC[C@@]2(CC[C@H](N)C2)C1. The molecule has 2 nitrogen and oxygen atoms in total. The third-order valence-corrected chi connectivity index (χ3v) is 3.37. The molecule has 2 aliphatic rings. The Labute approximate surface area is 68.7 Å². The lowest BCUT2D eigenvalue weighted by atomic mass is 9.85. The predicted octanol–water partition coefficient (Wildman–Crippen LogP) is 0.820. The molecular formula is C9H18N2. The summed E-state index contributed by atoms with van der Waals surface area (Å²) in [5, 5.41) is 0. The first-order valence-corrected chi connectivity index (χ1v) is 4.64. The maximum atomic E-state index is 5.92. The standard InChI is InChI=1S/C9H18N2/c1-11-5-4-9(7-11)3-2-8(10)6-9/h8H,2-7,10H2,1H3/t8-,9+/m0/s1. The van der Waals surface area contributed by atoms with Crippen LogP contribution in [-0.4, -0.2) is 31.1 Å². The number of rotatable bonds is 0. The molecule has 0 aromatic carbocycles. The van der Waals surface area contributed by atoms with Crippen molar-refractivity contribution in [1.29, 1.82) is 0 Å². The van der Waals surface area contributed by atoms with Crippen LogP contribution in [0.2, 0.25) is 0 Å². The van der Waals surface area contributed by atoms with Gasteiger partial charge in [0.2, 0.25) is 0 Å². The molecule has 64 valence electrons. The summed E-state index contributed by atoms with van der Waals surface area (Å²) < 4.78 is 0. The third-order valence-electron chi connectivity index (χ3n) is 3.37. The molecule has 1 aliphatic carbocycles. The molecule has 11 heavy (non-hydrogen) atoms. The van der Waals surface area contributed by atoms with Crippen molar-refractivity contribution in [2.24, 2.45) is 11.1 Å². The van der Waals surface area contributed by atoms with E-state index in [4.69, 9.17) is 5.73 Å². The Morgan fingerprint density at radius 3 is 2.73 bits per heavy atom. The second kappa shape index (κ2) is 2.46. The Bertz CT molecular complexity index is 138. The third kappa shape index (κ3) is 1.30. The predicted molar refractivity (Wildman–Crippen MR) is 46.4 cm³/mol. The first kappa shape index (κ1) is 7.56. The second-order valence-electron chi connectivity index (χ2n) is 4.49. The lowest BCUT2D eigenvalue weighted by Crippen LogP contribution is -2.24. The summed E-state index contributed by atoms with van der Waals surface area (Å²) in [7, 11) is 2.22. The lowest BCUT2D eigenvalue weighted by molar-refractivity contribution is 0.286. The summed E-state index contributed by atoms with van der Waals surface area (Å²) in [4.78, 5) is 2.44. The zero-order valence-corrected chi connectivity index (χ0v) is 7.34. The molecule has 1 saturated carbocycles. The van der Waals surface area contributed by atoms with Crippen LogP contribution in [0.3, 0.4) is 0 Å². The van der Waals surface area contributed by atoms with Crippen molar-refractivity contribution in [3.8, 4) is 0 Å². The highest BCUT2D eigenvalue weighted by atomic mass is 15.1. The van der Waals surface area contributed by atoms with Crippen molar-refractivity contribution >= 4 is 0 Å². The highest BCUT2D eigenvalue weighted by Crippen LogP contribution is 2.44. The lowest BCUT2D eigenvalue weighted by Gasteiger charge is -2.22. The van der Waals surface area contributed by atoms with Gasteiger partial charge in [-0.1, -0.05) is 0 Å². The Balaban J connectivity index is 2.02. The number of hydrogen-bond acceptors (Lipinski definition) is 2. The van der Waals surface area contributed by atoms with Crippen LogP contribution >= 0.6 is 0 Å². The second-order valence-corrected chi connectivity index (χ2v) is 4.49. The zero-order chi connectivity index (χ0) is 7.90. The van der Waals surface area contributed by atoms with Crippen LogP contribution in [0.1, 0.15) is 25.7 Å². The smallest absolute Gasteiger partial charge is 0.00448 e. The summed E-state index contributed by atoms with van der Waals surface area (Å²) in [6.07, 6.45) is 5.29. The Morgan fingerprint density at radius 1 is 1.45 bits per heavy atom. The molecule has 2 rings (SSSR count). The van der Waals surface area contributed by atoms with Gasteiger partial charge >= 0.3 is 0 Å². The van der Waals surface area contributed by atoms with Gasteiger partial charge in [0.25, 0.3) is 0 Å². The Morgan fingerprint density at radius 2 is 2.27 bits per heavy atom. The number of nitrogens with zero attached hydrogens (tertiary/aromatic N) is 1. The van der Waals surface area contributed by atoms with E-state index < -0.39 is 0 Å². The van der Waals surface area contributed by atoms with Crippen LogP contribution in [-0.2, 0) is 0 Å². The van der Waals surface area contributed by atoms with E-state index in [1.165, 1.54) is 38.8 Å². The molecule has 1 heterocycles. The molecule has 0 unspecified atom stereocenters. The molecule has 0 radical (unpaired) electrons. The molecule has 1 saturated heterocycles. The van der Waals surface area contributed by atoms with Crippen molar-refractivity contribution in [1.82, 2.24) is 4.90 Å². The minimum atomic E-state index is 0.501. The largest absolute Gasteiger partial charge is 0.328 e. The van der Waals surface area contributed by atoms with Crippen molar-refractivity contribution < 1.29 is 0 Å². The van der Waals surface area contributed by atoms with Gasteiger partial charge < -0.3 is 10.6 Å². The van der Waals surface area contributed by atoms with Crippen molar-refractivity contribution in [2.75, 3.05) is 20.1 Å². The topological polar surface area (TPSA) is 29.3 Å². The first-order valence-electron chi connectivity index (χ1n) is 4.64. The van der Waals surface area contributed by atoms with Crippen LogP contribution in [0.4, 0.5) is 0 Å². The minimum absolute atomic E-state index is 0.501. The van der Waals surface area contributed by atoms with E-state index in [1.54, 1.807) is 0 Å². The minimum Gasteiger partial charge on any atom is -0.328 e. The highest BCUT2D eigenvalue weighted by Gasteiger charge is 2.41. The van der Waals surface area contributed by atoms with Gasteiger partial charge in [0.05, 0.1) is 0 Å². The van der Waals surface area contributed by atoms with Gasteiger partial charge in [-0.2, -0.15) is 0 Å². The molecule has 2 atom stereocenters. The Kier molecular flexibility index (Phi) is 1.69. The molecule has 2 fully saturated rings. The molecule has 1 aliphatic heterocycles. The van der Waals surface area contributed by atoms with E-state index in [0.29, 0.717) is 11.5 Å². The highest BCUT2D eigenvalue weighted by molar-refractivity contribution is 4.96. The molecule has 2 heteroatoms. The number of hydrogen-bond donors (Lipinski definition) is 1. The monoisotopic (exact) mass is 154 g/mol. The fourth-order valence-corrected chi connectivity index (χ4v) is 2.78. The van der Waals surface area contributed by atoms with E-state index >= 15 is 0 Å². The fourth-order valence-electron chi connectivity index (χ4n) is 2.78. The molecule has 0 aromatic rings. The van der Waals surface area contributed by atoms with Gasteiger partial charge in [0.1, 0.15) is 0 Å². The van der Waals surface area contributed by atoms with E-state index in [-0.39, 0.29) is 0 Å². The van der Waals surface area contributed by atoms with Crippen LogP contribution in [0, 0.1) is 5.41 Å². The van der Waals surface area contributed by atoms with Crippen LogP contribution in [0.15, 0.2) is 0 Å². The van der Waals surface area contributed by atoms with E-state index in [9.17, 15) is 0 Å². The molecule has 0 amide bonds. The normalized spacial score (nSPS) is 45.8. The summed E-state index contributed by atoms with van der Waals surface area (Å²) in [5.41, 5.74) is 6.55. The quantitative estimate of drug-likeness (QED) is 0.559. The maximum absolute atomic E-state index is 5.92. The van der Waals surface area contributed by atoms with E-state index in [1.807, 2.05) is 0 Å². The molecule has 0 bridgehead atoms. The fraction of sp³-hybridized carbons (Fsp3) is 1.00. The molecule has 0 aromatic heterocycles. The van der Waals surface area contributed by atoms with Gasteiger partial charge in [-0.25, -0.2) is 0 Å². The molecule has 2 N–H and O–H groups in total. The van der Waals surface area contributed by atoms with Crippen LogP contribution in [0.25, 0.3) is 0 Å². The van der Waals surface area contributed by atoms with Crippen molar-refractivity contribution in [3.05, 3.63) is 0 Å². The van der Waals surface area contributed by atoms with E-state index in [2.05, 4.69) is 11.9 Å². The summed E-state index contributed by atoms with van der Waals surface area (Å²) in [5.74, 6) is 0. The summed E-state index contributed by atoms with van der Waals surface area (Å²) >= 11 is 0. The number of likely N-dealkylation sites (tertiary alicyclic amines) is 1. The molecule has 1 spiro atoms. The van der Waals surface area contributed by atoms with Gasteiger partial charge in [0.15, 0.2) is 0 Å². The van der Waals surface area contributed by atoms with Gasteiger partial charge in [-0.3, -0.25) is 0 Å². The van der Waals surface area contributed by atoms with Crippen LogP contribution < -0.4 is 5.73 Å². The van der Waals surface area contributed by atoms with Crippen LogP contribution in [0.5, 0.6) is 0 Å². The van der Waals surface area contributed by atoms with E-state index in [0.717, 1.165) is 0 Å². The van der Waals surface area contributed by atoms with Gasteiger partial charge in [0, 0.05) is 12.6 Å². The van der Waals surface area contributed by atoms with Gasteiger partial charge in [-0.15, -0.1) is 0 Å².